The lowest BCUT2D eigenvalue weighted by Gasteiger charge is -2.20. The van der Waals surface area contributed by atoms with Gasteiger partial charge in [0.05, 0.1) is 0 Å². The third-order valence-electron chi connectivity index (χ3n) is 3.96. The third-order valence-corrected chi connectivity index (χ3v) is 3.96. The van der Waals surface area contributed by atoms with Gasteiger partial charge < -0.3 is 11.1 Å². The van der Waals surface area contributed by atoms with Gasteiger partial charge in [0.15, 0.2) is 0 Å². The minimum atomic E-state index is 0.0235. The van der Waals surface area contributed by atoms with Gasteiger partial charge in [-0.1, -0.05) is 37.1 Å². The molecular formula is C17H27N3O. The van der Waals surface area contributed by atoms with Crippen LogP contribution in [0.4, 0.5) is 0 Å². The summed E-state index contributed by atoms with van der Waals surface area (Å²) >= 11 is 0. The van der Waals surface area contributed by atoms with E-state index >= 15 is 0 Å². The molecule has 116 valence electrons. The summed E-state index contributed by atoms with van der Waals surface area (Å²) in [7, 11) is 0. The Hall–Kier alpha value is -1.39. The van der Waals surface area contributed by atoms with E-state index in [0.29, 0.717) is 19.5 Å². The van der Waals surface area contributed by atoms with E-state index in [0.717, 1.165) is 12.1 Å². The number of carbonyl (C=O) groups is 1. The van der Waals surface area contributed by atoms with Gasteiger partial charge in [0.25, 0.3) is 0 Å². The molecular weight excluding hydrogens is 262 g/mol. The molecule has 1 amide bonds. The van der Waals surface area contributed by atoms with Crippen LogP contribution in [-0.2, 0) is 17.9 Å². The van der Waals surface area contributed by atoms with Crippen molar-refractivity contribution < 1.29 is 4.79 Å². The van der Waals surface area contributed by atoms with E-state index in [9.17, 15) is 4.79 Å². The molecule has 1 aliphatic rings. The first-order valence-corrected chi connectivity index (χ1v) is 8.05. The number of likely N-dealkylation sites (tertiary alicyclic amines) is 1. The zero-order valence-corrected chi connectivity index (χ0v) is 12.8. The zero-order valence-electron chi connectivity index (χ0n) is 12.8. The Labute approximate surface area is 127 Å². The fourth-order valence-corrected chi connectivity index (χ4v) is 2.81. The van der Waals surface area contributed by atoms with Crippen LogP contribution < -0.4 is 11.1 Å². The minimum Gasteiger partial charge on any atom is -0.352 e. The van der Waals surface area contributed by atoms with Gasteiger partial charge >= 0.3 is 0 Å². The summed E-state index contributed by atoms with van der Waals surface area (Å²) in [4.78, 5) is 14.0. The molecule has 0 spiro atoms. The molecule has 0 aromatic heterocycles. The number of benzene rings is 1. The summed E-state index contributed by atoms with van der Waals surface area (Å²) < 4.78 is 0. The van der Waals surface area contributed by atoms with Crippen molar-refractivity contribution in [3.8, 4) is 0 Å². The quantitative estimate of drug-likeness (QED) is 0.842. The van der Waals surface area contributed by atoms with E-state index in [1.54, 1.807) is 0 Å². The van der Waals surface area contributed by atoms with Gasteiger partial charge in [-0.05, 0) is 37.1 Å². The number of amides is 1. The molecule has 2 rings (SSSR count). The van der Waals surface area contributed by atoms with Gasteiger partial charge in [0, 0.05) is 26.1 Å². The van der Waals surface area contributed by atoms with Gasteiger partial charge in [0.2, 0.25) is 5.91 Å². The highest BCUT2D eigenvalue weighted by molar-refractivity contribution is 5.76. The number of rotatable bonds is 6. The maximum absolute atomic E-state index is 11.5. The monoisotopic (exact) mass is 289 g/mol. The zero-order chi connectivity index (χ0) is 14.9. The van der Waals surface area contributed by atoms with Gasteiger partial charge in [-0.25, -0.2) is 0 Å². The topological polar surface area (TPSA) is 58.4 Å². The van der Waals surface area contributed by atoms with Crippen molar-refractivity contribution in [1.82, 2.24) is 10.2 Å². The van der Waals surface area contributed by atoms with E-state index in [1.165, 1.54) is 44.3 Å². The predicted molar refractivity (Wildman–Crippen MR) is 85.7 cm³/mol. The van der Waals surface area contributed by atoms with Crippen LogP contribution in [0.25, 0.3) is 0 Å². The second-order valence-electron chi connectivity index (χ2n) is 5.83. The lowest BCUT2D eigenvalue weighted by Crippen LogP contribution is -2.25. The Bertz CT molecular complexity index is 439. The van der Waals surface area contributed by atoms with Gasteiger partial charge in [-0.2, -0.15) is 0 Å². The van der Waals surface area contributed by atoms with Crippen LogP contribution in [0.1, 0.15) is 43.2 Å². The Balaban J connectivity index is 1.86. The molecule has 3 N–H and O–H groups in total. The molecule has 0 bridgehead atoms. The van der Waals surface area contributed by atoms with E-state index in [1.807, 2.05) is 0 Å². The lowest BCUT2D eigenvalue weighted by atomic mass is 10.1. The molecule has 1 saturated heterocycles. The van der Waals surface area contributed by atoms with Gasteiger partial charge in [-0.3, -0.25) is 9.69 Å². The Morgan fingerprint density at radius 2 is 1.86 bits per heavy atom. The van der Waals surface area contributed by atoms with Crippen molar-refractivity contribution in [2.75, 3.05) is 19.6 Å². The van der Waals surface area contributed by atoms with Crippen molar-refractivity contribution in [2.24, 2.45) is 5.73 Å². The molecule has 0 saturated carbocycles. The van der Waals surface area contributed by atoms with Crippen LogP contribution >= 0.6 is 0 Å². The van der Waals surface area contributed by atoms with Crippen LogP contribution in [0, 0.1) is 0 Å². The van der Waals surface area contributed by atoms with E-state index in [4.69, 9.17) is 5.73 Å². The maximum Gasteiger partial charge on any atom is 0.221 e. The summed E-state index contributed by atoms with van der Waals surface area (Å²) in [6, 6.07) is 8.52. The first kappa shape index (κ1) is 16.0. The molecule has 0 atom stereocenters. The van der Waals surface area contributed by atoms with Crippen LogP contribution in [-0.4, -0.2) is 30.4 Å². The Morgan fingerprint density at radius 3 is 2.57 bits per heavy atom. The van der Waals surface area contributed by atoms with E-state index in [-0.39, 0.29) is 5.91 Å². The average Bonchev–Trinajstić information content (AvgIpc) is 2.75. The molecule has 0 unspecified atom stereocenters. The highest BCUT2D eigenvalue weighted by atomic mass is 16.1. The molecule has 0 aliphatic carbocycles. The summed E-state index contributed by atoms with van der Waals surface area (Å²) in [6.07, 6.45) is 5.75. The number of carbonyl (C=O) groups excluding carboxylic acids is 1. The number of hydrogen-bond acceptors (Lipinski definition) is 3. The second-order valence-corrected chi connectivity index (χ2v) is 5.83. The molecule has 1 fully saturated rings. The number of nitrogens with one attached hydrogen (secondary N) is 1. The van der Waals surface area contributed by atoms with Crippen LogP contribution in [0.2, 0.25) is 0 Å². The molecule has 1 aliphatic heterocycles. The highest BCUT2D eigenvalue weighted by Crippen LogP contribution is 2.14. The highest BCUT2D eigenvalue weighted by Gasteiger charge is 2.09. The standard InChI is InChI=1S/C17H27N3O/c18-9-8-17(21)19-13-15-6-5-7-16(12-15)14-20-10-3-1-2-4-11-20/h5-7,12H,1-4,8-11,13-14,18H2,(H,19,21). The van der Waals surface area contributed by atoms with Crippen molar-refractivity contribution in [2.45, 2.75) is 45.2 Å². The van der Waals surface area contributed by atoms with Crippen molar-refractivity contribution in [1.29, 1.82) is 0 Å². The van der Waals surface area contributed by atoms with Crippen LogP contribution in [0.15, 0.2) is 24.3 Å². The summed E-state index contributed by atoms with van der Waals surface area (Å²) in [6.45, 7) is 4.42. The molecule has 4 heteroatoms. The number of hydrogen-bond donors (Lipinski definition) is 2. The van der Waals surface area contributed by atoms with Crippen molar-refractivity contribution in [3.63, 3.8) is 0 Å². The predicted octanol–water partition coefficient (Wildman–Crippen LogP) is 2.03. The molecule has 21 heavy (non-hydrogen) atoms. The second kappa shape index (κ2) is 8.80. The van der Waals surface area contributed by atoms with Crippen LogP contribution in [0.3, 0.4) is 0 Å². The SMILES string of the molecule is NCCC(=O)NCc1cccc(CN2CCCCCC2)c1. The normalized spacial score (nSPS) is 16.4. The van der Waals surface area contributed by atoms with E-state index in [2.05, 4.69) is 34.5 Å². The maximum atomic E-state index is 11.5. The average molecular weight is 289 g/mol. The lowest BCUT2D eigenvalue weighted by molar-refractivity contribution is -0.121. The number of nitrogens with two attached hydrogens (primary N) is 1. The summed E-state index contributed by atoms with van der Waals surface area (Å²) in [5, 5.41) is 2.91. The number of nitrogens with zero attached hydrogens (tertiary/aromatic N) is 1. The first-order chi connectivity index (χ1) is 10.3. The van der Waals surface area contributed by atoms with Gasteiger partial charge in [-0.15, -0.1) is 0 Å². The summed E-state index contributed by atoms with van der Waals surface area (Å²) in [5.41, 5.74) is 7.87. The van der Waals surface area contributed by atoms with Crippen molar-refractivity contribution >= 4 is 5.91 Å². The molecule has 1 aromatic rings. The molecule has 1 heterocycles. The minimum absolute atomic E-state index is 0.0235. The van der Waals surface area contributed by atoms with Crippen molar-refractivity contribution in [3.05, 3.63) is 35.4 Å². The molecule has 4 nitrogen and oxygen atoms in total. The first-order valence-electron chi connectivity index (χ1n) is 8.05. The smallest absolute Gasteiger partial charge is 0.221 e. The fraction of sp³-hybridized carbons (Fsp3) is 0.588. The third kappa shape index (κ3) is 5.86. The molecule has 0 radical (unpaired) electrons. The van der Waals surface area contributed by atoms with Crippen LogP contribution in [0.5, 0.6) is 0 Å². The fourth-order valence-electron chi connectivity index (χ4n) is 2.81. The Kier molecular flexibility index (Phi) is 6.70. The van der Waals surface area contributed by atoms with Gasteiger partial charge in [0.1, 0.15) is 0 Å². The largest absolute Gasteiger partial charge is 0.352 e. The van der Waals surface area contributed by atoms with E-state index < -0.39 is 0 Å². The summed E-state index contributed by atoms with van der Waals surface area (Å²) in [5.74, 6) is 0.0235. The molecule has 1 aromatic carbocycles. The Morgan fingerprint density at radius 1 is 1.14 bits per heavy atom.